The zero-order valence-electron chi connectivity index (χ0n) is 20.9. The number of fused-ring (bicyclic) bond motifs is 1. The average Bonchev–Trinajstić information content (AvgIpc) is 3.28. The Morgan fingerprint density at radius 1 is 1.06 bits per heavy atom. The molecule has 1 N–H and O–H groups in total. The number of benzene rings is 1. The van der Waals surface area contributed by atoms with E-state index < -0.39 is 0 Å². The van der Waals surface area contributed by atoms with E-state index in [2.05, 4.69) is 54.3 Å². The van der Waals surface area contributed by atoms with E-state index in [1.807, 2.05) is 19.1 Å². The molecule has 0 saturated carbocycles. The molecule has 35 heavy (non-hydrogen) atoms. The minimum absolute atomic E-state index is 0.103. The number of aryl methyl sites for hydroxylation is 1. The van der Waals surface area contributed by atoms with Crippen LogP contribution in [0.15, 0.2) is 28.1 Å². The highest BCUT2D eigenvalue weighted by molar-refractivity contribution is 9.10. The largest absolute Gasteiger partial charge is 0.493 e. The van der Waals surface area contributed by atoms with Gasteiger partial charge >= 0.3 is 5.97 Å². The van der Waals surface area contributed by atoms with Crippen LogP contribution in [0, 0.1) is 6.92 Å². The van der Waals surface area contributed by atoms with Gasteiger partial charge in [-0.25, -0.2) is 9.97 Å². The topological polar surface area (TPSA) is 82.6 Å². The number of rotatable bonds is 14. The van der Waals surface area contributed by atoms with Crippen molar-refractivity contribution >= 4 is 50.0 Å². The number of carbonyl (C=O) groups is 1. The maximum Gasteiger partial charge on any atom is 0.305 e. The fourth-order valence-electron chi connectivity index (χ4n) is 3.83. The normalized spacial score (nSPS) is 11.9. The molecule has 0 radical (unpaired) electrons. The quantitative estimate of drug-likeness (QED) is 0.163. The molecule has 3 aromatic rings. The molecule has 2 heterocycles. The van der Waals surface area contributed by atoms with Gasteiger partial charge in [-0.2, -0.15) is 0 Å². The van der Waals surface area contributed by atoms with Crippen LogP contribution in [-0.2, 0) is 9.53 Å². The zero-order chi connectivity index (χ0) is 25.2. The number of ether oxygens (including phenoxy) is 3. The highest BCUT2D eigenvalue weighted by Crippen LogP contribution is 2.36. The molecule has 3 rings (SSSR count). The summed E-state index contributed by atoms with van der Waals surface area (Å²) in [7, 11) is 3.08. The SMILES string of the molecule is COC(=O)CCCCCCCCOc1cc2nc(C)nc(N[C@@H](C)c3cc(Br)cs3)c2cc1OC. The lowest BCUT2D eigenvalue weighted by atomic mass is 10.1. The Morgan fingerprint density at radius 3 is 2.49 bits per heavy atom. The molecule has 0 bridgehead atoms. The van der Waals surface area contributed by atoms with Gasteiger partial charge in [0.05, 0.1) is 32.4 Å². The highest BCUT2D eigenvalue weighted by atomic mass is 79.9. The van der Waals surface area contributed by atoms with Gasteiger partial charge in [0.1, 0.15) is 11.6 Å². The summed E-state index contributed by atoms with van der Waals surface area (Å²) in [6.45, 7) is 4.63. The van der Waals surface area contributed by atoms with Gasteiger partial charge < -0.3 is 19.5 Å². The summed E-state index contributed by atoms with van der Waals surface area (Å²) in [5.41, 5.74) is 0.820. The van der Waals surface area contributed by atoms with Gasteiger partial charge in [0, 0.05) is 32.6 Å². The van der Waals surface area contributed by atoms with E-state index in [1.165, 1.54) is 12.0 Å². The number of unbranched alkanes of at least 4 members (excludes halogenated alkanes) is 5. The molecule has 0 spiro atoms. The van der Waals surface area contributed by atoms with Crippen molar-refractivity contribution in [3.05, 3.63) is 38.8 Å². The van der Waals surface area contributed by atoms with Gasteiger partial charge in [0.2, 0.25) is 0 Å². The molecular formula is C26H34BrN3O4S. The van der Waals surface area contributed by atoms with E-state index in [0.29, 0.717) is 30.4 Å². The minimum Gasteiger partial charge on any atom is -0.493 e. The van der Waals surface area contributed by atoms with Crippen molar-refractivity contribution in [2.75, 3.05) is 26.1 Å². The molecular weight excluding hydrogens is 530 g/mol. The lowest BCUT2D eigenvalue weighted by molar-refractivity contribution is -0.140. The number of carbonyl (C=O) groups excluding carboxylic acids is 1. The molecule has 2 aromatic heterocycles. The number of anilines is 1. The molecule has 0 amide bonds. The molecule has 0 fully saturated rings. The van der Waals surface area contributed by atoms with Gasteiger partial charge in [-0.05, 0) is 54.8 Å². The number of esters is 1. The summed E-state index contributed by atoms with van der Waals surface area (Å²) in [4.78, 5) is 21.7. The van der Waals surface area contributed by atoms with E-state index >= 15 is 0 Å². The summed E-state index contributed by atoms with van der Waals surface area (Å²) in [6.07, 6.45) is 6.72. The Hall–Kier alpha value is -2.39. The second-order valence-electron chi connectivity index (χ2n) is 8.47. The number of thiophene rings is 1. The Balaban J connectivity index is 1.58. The van der Waals surface area contributed by atoms with Crippen LogP contribution in [0.25, 0.3) is 10.9 Å². The van der Waals surface area contributed by atoms with E-state index in [1.54, 1.807) is 18.4 Å². The van der Waals surface area contributed by atoms with Crippen LogP contribution in [0.4, 0.5) is 5.82 Å². The second-order valence-corrected chi connectivity index (χ2v) is 10.3. The van der Waals surface area contributed by atoms with Crippen LogP contribution in [0.2, 0.25) is 0 Å². The van der Waals surface area contributed by atoms with Crippen molar-refractivity contribution in [2.45, 2.75) is 64.8 Å². The summed E-state index contributed by atoms with van der Waals surface area (Å²) in [6, 6.07) is 6.11. The summed E-state index contributed by atoms with van der Waals surface area (Å²) >= 11 is 5.23. The maximum absolute atomic E-state index is 11.1. The molecule has 0 aliphatic carbocycles. The van der Waals surface area contributed by atoms with Gasteiger partial charge in [0.15, 0.2) is 11.5 Å². The van der Waals surface area contributed by atoms with Crippen LogP contribution >= 0.6 is 27.3 Å². The predicted molar refractivity (Wildman–Crippen MR) is 145 cm³/mol. The first-order chi connectivity index (χ1) is 16.9. The molecule has 190 valence electrons. The molecule has 1 aromatic carbocycles. The van der Waals surface area contributed by atoms with E-state index in [-0.39, 0.29) is 12.0 Å². The van der Waals surface area contributed by atoms with Crippen LogP contribution in [0.1, 0.15) is 68.6 Å². The number of hydrogen-bond acceptors (Lipinski definition) is 8. The highest BCUT2D eigenvalue weighted by Gasteiger charge is 2.16. The second kappa shape index (κ2) is 13.6. The Labute approximate surface area is 219 Å². The Kier molecular flexibility index (Phi) is 10.6. The fraction of sp³-hybridized carbons (Fsp3) is 0.500. The summed E-state index contributed by atoms with van der Waals surface area (Å²) in [5.74, 6) is 2.71. The first-order valence-electron chi connectivity index (χ1n) is 12.0. The standard InChI is InChI=1S/C26H34BrN3O4S/c1-17(24-13-19(27)16-35-24)28-26-20-14-22(32-3)23(15-21(20)29-18(2)30-26)34-12-10-8-6-5-7-9-11-25(31)33-4/h13-17H,5-12H2,1-4H3,(H,28,29,30)/t17-/m0/s1. The van der Waals surface area contributed by atoms with E-state index in [0.717, 1.165) is 59.7 Å². The number of hydrogen-bond donors (Lipinski definition) is 1. The van der Waals surface area contributed by atoms with E-state index in [4.69, 9.17) is 9.47 Å². The number of nitrogens with one attached hydrogen (secondary N) is 1. The molecule has 0 saturated heterocycles. The van der Waals surface area contributed by atoms with Crippen LogP contribution in [-0.4, -0.2) is 36.8 Å². The first kappa shape index (κ1) is 27.2. The number of methoxy groups -OCH3 is 2. The summed E-state index contributed by atoms with van der Waals surface area (Å²) in [5, 5.41) is 6.51. The molecule has 7 nitrogen and oxygen atoms in total. The number of nitrogens with zero attached hydrogens (tertiary/aromatic N) is 2. The number of aromatic nitrogens is 2. The number of halogens is 1. The van der Waals surface area contributed by atoms with Crippen LogP contribution < -0.4 is 14.8 Å². The Bertz CT molecular complexity index is 1120. The lowest BCUT2D eigenvalue weighted by Crippen LogP contribution is -2.09. The fourth-order valence-corrected chi connectivity index (χ4v) is 5.28. The summed E-state index contributed by atoms with van der Waals surface area (Å²) < 4.78 is 17.5. The van der Waals surface area contributed by atoms with Crippen LogP contribution in [0.3, 0.4) is 0 Å². The minimum atomic E-state index is -0.128. The third-order valence-corrected chi connectivity index (χ3v) is 7.60. The molecule has 0 aliphatic rings. The third kappa shape index (κ3) is 8.07. The van der Waals surface area contributed by atoms with Crippen molar-refractivity contribution in [3.63, 3.8) is 0 Å². The zero-order valence-corrected chi connectivity index (χ0v) is 23.3. The van der Waals surface area contributed by atoms with Gasteiger partial charge in [-0.1, -0.05) is 25.7 Å². The van der Waals surface area contributed by atoms with Gasteiger partial charge in [0.25, 0.3) is 0 Å². The molecule has 0 unspecified atom stereocenters. The lowest BCUT2D eigenvalue weighted by Gasteiger charge is -2.17. The Morgan fingerprint density at radius 2 is 1.80 bits per heavy atom. The molecule has 9 heteroatoms. The van der Waals surface area contributed by atoms with Crippen molar-refractivity contribution in [3.8, 4) is 11.5 Å². The first-order valence-corrected chi connectivity index (χ1v) is 13.6. The van der Waals surface area contributed by atoms with Crippen LogP contribution in [0.5, 0.6) is 11.5 Å². The average molecular weight is 565 g/mol. The van der Waals surface area contributed by atoms with Crippen molar-refractivity contribution in [1.29, 1.82) is 0 Å². The predicted octanol–water partition coefficient (Wildman–Crippen LogP) is 7.23. The van der Waals surface area contributed by atoms with Crippen molar-refractivity contribution in [1.82, 2.24) is 9.97 Å². The van der Waals surface area contributed by atoms with Crippen molar-refractivity contribution in [2.24, 2.45) is 0 Å². The monoisotopic (exact) mass is 563 g/mol. The molecule has 1 atom stereocenters. The van der Waals surface area contributed by atoms with Gasteiger partial charge in [-0.3, -0.25) is 4.79 Å². The van der Waals surface area contributed by atoms with Crippen molar-refractivity contribution < 1.29 is 19.0 Å². The molecule has 0 aliphatic heterocycles. The van der Waals surface area contributed by atoms with E-state index in [9.17, 15) is 4.79 Å². The smallest absolute Gasteiger partial charge is 0.305 e. The van der Waals surface area contributed by atoms with Gasteiger partial charge in [-0.15, -0.1) is 11.3 Å². The maximum atomic E-state index is 11.1. The third-order valence-electron chi connectivity index (χ3n) is 5.72.